The molecule has 0 aliphatic carbocycles. The monoisotopic (exact) mass is 321 g/mol. The van der Waals surface area contributed by atoms with Gasteiger partial charge in [-0.3, -0.25) is 9.36 Å². The zero-order chi connectivity index (χ0) is 15.6. The predicted molar refractivity (Wildman–Crippen MR) is 93.2 cm³/mol. The van der Waals surface area contributed by atoms with E-state index in [1.807, 2.05) is 66.7 Å². The summed E-state index contributed by atoms with van der Waals surface area (Å²) in [5.74, 6) is 0. The van der Waals surface area contributed by atoms with E-state index in [9.17, 15) is 4.79 Å². The highest BCUT2D eigenvalue weighted by Gasteiger charge is 2.15. The minimum absolute atomic E-state index is 0.0261. The first-order valence-electron chi connectivity index (χ1n) is 7.42. The van der Waals surface area contributed by atoms with E-state index in [4.69, 9.17) is 0 Å². The van der Waals surface area contributed by atoms with Crippen molar-refractivity contribution in [1.82, 2.24) is 4.57 Å². The van der Waals surface area contributed by atoms with Crippen molar-refractivity contribution in [3.05, 3.63) is 85.9 Å². The van der Waals surface area contributed by atoms with Crippen molar-refractivity contribution in [3.8, 4) is 0 Å². The third kappa shape index (κ3) is 2.71. The summed E-state index contributed by atoms with van der Waals surface area (Å²) < 4.78 is 2.47. The lowest BCUT2D eigenvalue weighted by Crippen LogP contribution is -2.42. The fourth-order valence-electron chi connectivity index (χ4n) is 2.61. The molecule has 23 heavy (non-hydrogen) atoms. The zero-order valence-corrected chi connectivity index (χ0v) is 13.2. The topological polar surface area (TPSA) is 37.6 Å². The smallest absolute Gasteiger partial charge is 0.271 e. The minimum atomic E-state index is 0.0261. The van der Waals surface area contributed by atoms with Crippen LogP contribution in [0.3, 0.4) is 0 Å². The summed E-state index contributed by atoms with van der Waals surface area (Å²) in [6.07, 6.45) is 1.93. The fourth-order valence-corrected chi connectivity index (χ4v) is 3.58. The van der Waals surface area contributed by atoms with Crippen molar-refractivity contribution in [2.45, 2.75) is 6.67 Å². The summed E-state index contributed by atoms with van der Waals surface area (Å²) in [4.78, 5) is 20.1. The van der Waals surface area contributed by atoms with Crippen LogP contribution in [0.25, 0.3) is 6.08 Å². The molecule has 1 aromatic heterocycles. The Morgan fingerprint density at radius 3 is 2.43 bits per heavy atom. The second-order valence-corrected chi connectivity index (χ2v) is 6.36. The standard InChI is InChI=1S/C18H15N3OS/c22-17-16(11-14-7-3-1-4-8-14)23-18-19-12-20(13-21(17)18)15-9-5-2-6-10-15/h1-11H,12-13H2. The van der Waals surface area contributed by atoms with Crippen LogP contribution >= 0.6 is 11.3 Å². The molecule has 0 saturated carbocycles. The van der Waals surface area contributed by atoms with E-state index in [-0.39, 0.29) is 5.56 Å². The quantitative estimate of drug-likeness (QED) is 0.722. The van der Waals surface area contributed by atoms with Crippen LogP contribution in [0.5, 0.6) is 0 Å². The Hall–Kier alpha value is -2.66. The molecule has 5 heteroatoms. The molecule has 0 atom stereocenters. The molecule has 4 nitrogen and oxygen atoms in total. The van der Waals surface area contributed by atoms with Gasteiger partial charge in [-0.15, -0.1) is 0 Å². The number of benzene rings is 2. The third-order valence-corrected chi connectivity index (χ3v) is 4.84. The number of hydrogen-bond donors (Lipinski definition) is 0. The van der Waals surface area contributed by atoms with Crippen LogP contribution in [-0.2, 0) is 6.67 Å². The van der Waals surface area contributed by atoms with E-state index in [1.165, 1.54) is 11.3 Å². The zero-order valence-electron chi connectivity index (χ0n) is 12.4. The number of aromatic nitrogens is 1. The molecular formula is C18H15N3OS. The van der Waals surface area contributed by atoms with Crippen molar-refractivity contribution in [2.75, 3.05) is 11.6 Å². The SMILES string of the molecule is O=c1c(=Cc2ccccc2)sc2n1CN(c1ccccc1)CN=2. The van der Waals surface area contributed by atoms with Gasteiger partial charge in [0, 0.05) is 5.69 Å². The Balaban J connectivity index is 1.74. The van der Waals surface area contributed by atoms with E-state index in [1.54, 1.807) is 4.57 Å². The van der Waals surface area contributed by atoms with Crippen molar-refractivity contribution in [2.24, 2.45) is 4.99 Å². The molecule has 0 saturated heterocycles. The third-order valence-electron chi connectivity index (χ3n) is 3.80. The lowest BCUT2D eigenvalue weighted by Gasteiger charge is -2.25. The molecule has 114 valence electrons. The first-order valence-corrected chi connectivity index (χ1v) is 8.24. The summed E-state index contributed by atoms with van der Waals surface area (Å²) in [5, 5.41) is 0. The molecule has 0 unspecified atom stereocenters. The molecule has 1 aliphatic heterocycles. The van der Waals surface area contributed by atoms with Gasteiger partial charge in [0.25, 0.3) is 5.56 Å². The number of rotatable bonds is 2. The van der Waals surface area contributed by atoms with Crippen LogP contribution < -0.4 is 19.8 Å². The highest BCUT2D eigenvalue weighted by atomic mass is 32.1. The van der Waals surface area contributed by atoms with Gasteiger partial charge in [0.05, 0.1) is 4.53 Å². The molecule has 0 amide bonds. The lowest BCUT2D eigenvalue weighted by molar-refractivity contribution is 0.569. The molecule has 0 N–H and O–H groups in total. The van der Waals surface area contributed by atoms with Gasteiger partial charge in [0.1, 0.15) is 13.3 Å². The van der Waals surface area contributed by atoms with Crippen LogP contribution in [0.2, 0.25) is 0 Å². The summed E-state index contributed by atoms with van der Waals surface area (Å²) >= 11 is 1.46. The fraction of sp³-hybridized carbons (Fsp3) is 0.111. The normalized spacial score (nSPS) is 14.4. The van der Waals surface area contributed by atoms with Gasteiger partial charge in [-0.25, -0.2) is 4.99 Å². The average Bonchev–Trinajstić information content (AvgIpc) is 2.92. The minimum Gasteiger partial charge on any atom is -0.334 e. The van der Waals surface area contributed by atoms with E-state index < -0.39 is 0 Å². The maximum Gasteiger partial charge on any atom is 0.271 e. The van der Waals surface area contributed by atoms with Crippen molar-refractivity contribution in [3.63, 3.8) is 0 Å². The number of fused-ring (bicyclic) bond motifs is 1. The molecule has 3 aromatic rings. The second-order valence-electron chi connectivity index (χ2n) is 5.35. The highest BCUT2D eigenvalue weighted by Crippen LogP contribution is 2.14. The van der Waals surface area contributed by atoms with Gasteiger partial charge >= 0.3 is 0 Å². The molecule has 4 rings (SSSR count). The Morgan fingerprint density at radius 2 is 1.70 bits per heavy atom. The number of para-hydroxylation sites is 1. The lowest BCUT2D eigenvalue weighted by atomic mass is 10.2. The summed E-state index contributed by atoms with van der Waals surface area (Å²) in [6, 6.07) is 20.0. The van der Waals surface area contributed by atoms with E-state index in [2.05, 4.69) is 9.89 Å². The van der Waals surface area contributed by atoms with Crippen LogP contribution in [0.15, 0.2) is 70.5 Å². The Morgan fingerprint density at radius 1 is 1.00 bits per heavy atom. The molecule has 0 spiro atoms. The van der Waals surface area contributed by atoms with Crippen molar-refractivity contribution < 1.29 is 0 Å². The molecule has 0 fully saturated rings. The van der Waals surface area contributed by atoms with Crippen LogP contribution in [0.4, 0.5) is 5.69 Å². The summed E-state index contributed by atoms with van der Waals surface area (Å²) in [5.41, 5.74) is 2.13. The number of hydrogen-bond acceptors (Lipinski definition) is 4. The van der Waals surface area contributed by atoms with Crippen LogP contribution in [0, 0.1) is 0 Å². The predicted octanol–water partition coefficient (Wildman–Crippen LogP) is 1.79. The highest BCUT2D eigenvalue weighted by molar-refractivity contribution is 7.07. The first-order chi connectivity index (χ1) is 11.3. The summed E-state index contributed by atoms with van der Waals surface area (Å²) in [6.45, 7) is 1.12. The van der Waals surface area contributed by atoms with Gasteiger partial charge < -0.3 is 4.90 Å². The molecule has 2 heterocycles. The van der Waals surface area contributed by atoms with Gasteiger partial charge in [-0.1, -0.05) is 59.9 Å². The van der Waals surface area contributed by atoms with Crippen LogP contribution in [-0.4, -0.2) is 11.2 Å². The summed E-state index contributed by atoms with van der Waals surface area (Å²) in [7, 11) is 0. The molecular weight excluding hydrogens is 306 g/mol. The van der Waals surface area contributed by atoms with Crippen molar-refractivity contribution in [1.29, 1.82) is 0 Å². The maximum absolute atomic E-state index is 12.7. The van der Waals surface area contributed by atoms with Gasteiger partial charge in [-0.2, -0.15) is 0 Å². The van der Waals surface area contributed by atoms with Gasteiger partial charge in [0.2, 0.25) is 0 Å². The van der Waals surface area contributed by atoms with Gasteiger partial charge in [0.15, 0.2) is 4.80 Å². The first kappa shape index (κ1) is 14.0. The van der Waals surface area contributed by atoms with Crippen molar-refractivity contribution >= 4 is 23.1 Å². The Kier molecular flexibility index (Phi) is 3.55. The van der Waals surface area contributed by atoms with E-state index in [0.717, 1.165) is 20.6 Å². The largest absolute Gasteiger partial charge is 0.334 e. The van der Waals surface area contributed by atoms with E-state index in [0.29, 0.717) is 13.3 Å². The molecule has 0 bridgehead atoms. The Labute approximate surface area is 137 Å². The van der Waals surface area contributed by atoms with E-state index >= 15 is 0 Å². The number of anilines is 1. The second kappa shape index (κ2) is 5.85. The molecule has 1 aliphatic rings. The maximum atomic E-state index is 12.7. The number of nitrogens with zero attached hydrogens (tertiary/aromatic N) is 3. The molecule has 2 aromatic carbocycles. The molecule has 0 radical (unpaired) electrons. The van der Waals surface area contributed by atoms with Crippen LogP contribution in [0.1, 0.15) is 5.56 Å². The van der Waals surface area contributed by atoms with Gasteiger partial charge in [-0.05, 0) is 23.8 Å². The average molecular weight is 321 g/mol. The Bertz CT molecular complexity index is 990. The number of thiazole rings is 1.